The topological polar surface area (TPSA) is 81.3 Å². The van der Waals surface area contributed by atoms with Crippen LogP contribution in [0.3, 0.4) is 0 Å². The van der Waals surface area contributed by atoms with Crippen molar-refractivity contribution in [2.75, 3.05) is 4.72 Å². The van der Waals surface area contributed by atoms with E-state index in [0.717, 1.165) is 27.9 Å². The van der Waals surface area contributed by atoms with Crippen LogP contribution >= 0.6 is 0 Å². The molecule has 154 valence electrons. The number of aryl methyl sites for hydroxylation is 1. The normalized spacial score (nSPS) is 11.6. The van der Waals surface area contributed by atoms with E-state index in [4.69, 9.17) is 0 Å². The maximum absolute atomic E-state index is 12.5. The van der Waals surface area contributed by atoms with Crippen molar-refractivity contribution < 1.29 is 8.42 Å². The quantitative estimate of drug-likeness (QED) is 0.454. The monoisotopic (exact) mass is 429 g/mol. The van der Waals surface area contributed by atoms with E-state index in [-0.39, 0.29) is 4.90 Å². The van der Waals surface area contributed by atoms with Gasteiger partial charge < -0.3 is 4.40 Å². The van der Waals surface area contributed by atoms with Crippen LogP contribution in [0.1, 0.15) is 0 Å². The fourth-order valence-electron chi connectivity index (χ4n) is 3.50. The lowest BCUT2D eigenvalue weighted by molar-refractivity contribution is 0.601. The zero-order valence-electron chi connectivity index (χ0n) is 16.7. The largest absolute Gasteiger partial charge is 0.320 e. The third kappa shape index (κ3) is 3.69. The van der Waals surface area contributed by atoms with Crippen LogP contribution in [-0.2, 0) is 17.1 Å². The molecule has 0 aliphatic rings. The summed E-state index contributed by atoms with van der Waals surface area (Å²) in [4.78, 5) is 4.78. The van der Waals surface area contributed by atoms with Crippen LogP contribution < -0.4 is 4.72 Å². The predicted molar refractivity (Wildman–Crippen MR) is 120 cm³/mol. The molecule has 5 rings (SSSR count). The molecule has 1 N–H and O–H groups in total. The van der Waals surface area contributed by atoms with E-state index in [1.165, 1.54) is 0 Å². The lowest BCUT2D eigenvalue weighted by Gasteiger charge is -2.09. The van der Waals surface area contributed by atoms with Crippen LogP contribution in [0.4, 0.5) is 5.69 Å². The number of hydrogen-bond acceptors (Lipinski definition) is 4. The van der Waals surface area contributed by atoms with Crippen molar-refractivity contribution in [2.24, 2.45) is 7.05 Å². The average Bonchev–Trinajstić information content (AvgIpc) is 3.41. The summed E-state index contributed by atoms with van der Waals surface area (Å²) in [7, 11) is -1.74. The number of anilines is 1. The molecule has 0 fully saturated rings. The van der Waals surface area contributed by atoms with Gasteiger partial charge in [-0.05, 0) is 30.3 Å². The van der Waals surface area contributed by atoms with Crippen molar-refractivity contribution >= 4 is 21.2 Å². The van der Waals surface area contributed by atoms with Gasteiger partial charge in [0.1, 0.15) is 0 Å². The second-order valence-corrected chi connectivity index (χ2v) is 8.88. The van der Waals surface area contributed by atoms with Crippen LogP contribution in [-0.4, -0.2) is 27.6 Å². The van der Waals surface area contributed by atoms with Crippen molar-refractivity contribution in [3.8, 4) is 22.4 Å². The molecule has 0 bridgehead atoms. The maximum Gasteiger partial charge on any atom is 0.261 e. The molecule has 0 aliphatic carbocycles. The fourth-order valence-corrected chi connectivity index (χ4v) is 4.58. The van der Waals surface area contributed by atoms with E-state index in [0.29, 0.717) is 5.69 Å². The van der Waals surface area contributed by atoms with E-state index in [2.05, 4.69) is 20.9 Å². The van der Waals surface area contributed by atoms with Gasteiger partial charge in [0, 0.05) is 54.2 Å². The maximum atomic E-state index is 12.5. The molecular formula is C23H19N5O2S. The van der Waals surface area contributed by atoms with E-state index in [9.17, 15) is 8.42 Å². The zero-order chi connectivity index (χ0) is 21.4. The molecule has 7 nitrogen and oxygen atoms in total. The standard InChI is InChI=1S/C23H19N5O2S/c1-27-15-19(14-25-27)18-13-22-23(24-11-12-28(22)16-18)17-7-9-20(10-8-17)26-31(29,30)21-5-3-2-4-6-21/h2-16,26H,1H3. The summed E-state index contributed by atoms with van der Waals surface area (Å²) in [6.45, 7) is 0. The summed E-state index contributed by atoms with van der Waals surface area (Å²) in [5, 5.41) is 4.24. The number of aromatic nitrogens is 4. The zero-order valence-corrected chi connectivity index (χ0v) is 17.5. The summed E-state index contributed by atoms with van der Waals surface area (Å²) >= 11 is 0. The highest BCUT2D eigenvalue weighted by molar-refractivity contribution is 7.92. The molecule has 0 aliphatic heterocycles. The molecule has 0 spiro atoms. The summed E-state index contributed by atoms with van der Waals surface area (Å²) < 4.78 is 31.5. The molecule has 0 saturated carbocycles. The Kier molecular flexibility index (Phi) is 4.56. The first-order chi connectivity index (χ1) is 15.0. The molecule has 0 unspecified atom stereocenters. The Morgan fingerprint density at radius 2 is 1.68 bits per heavy atom. The predicted octanol–water partition coefficient (Wildman–Crippen LogP) is 4.20. The smallest absolute Gasteiger partial charge is 0.261 e. The molecule has 8 heteroatoms. The van der Waals surface area contributed by atoms with Crippen molar-refractivity contribution in [1.82, 2.24) is 19.2 Å². The van der Waals surface area contributed by atoms with E-state index >= 15 is 0 Å². The SMILES string of the molecule is Cn1cc(-c2cc3c(-c4ccc(NS(=O)(=O)c5ccccc5)cc4)nccn3c2)cn1. The van der Waals surface area contributed by atoms with Gasteiger partial charge in [-0.2, -0.15) is 5.10 Å². The lowest BCUT2D eigenvalue weighted by atomic mass is 10.1. The third-order valence-electron chi connectivity index (χ3n) is 5.02. The van der Waals surface area contributed by atoms with E-state index < -0.39 is 10.0 Å². The van der Waals surface area contributed by atoms with Gasteiger partial charge in [0.25, 0.3) is 10.0 Å². The highest BCUT2D eigenvalue weighted by atomic mass is 32.2. The minimum absolute atomic E-state index is 0.224. The van der Waals surface area contributed by atoms with E-state index in [1.807, 2.05) is 48.4 Å². The van der Waals surface area contributed by atoms with Gasteiger partial charge >= 0.3 is 0 Å². The Labute approximate surface area is 179 Å². The average molecular weight is 430 g/mol. The number of fused-ring (bicyclic) bond motifs is 1. The summed E-state index contributed by atoms with van der Waals surface area (Å²) in [6, 6.07) is 17.6. The fraction of sp³-hybridized carbons (Fsp3) is 0.0435. The molecule has 2 aromatic carbocycles. The van der Waals surface area contributed by atoms with Crippen LogP contribution in [0.5, 0.6) is 0 Å². The van der Waals surface area contributed by atoms with Gasteiger partial charge in [0.2, 0.25) is 0 Å². The molecular weight excluding hydrogens is 410 g/mol. The number of rotatable bonds is 5. The van der Waals surface area contributed by atoms with Crippen molar-refractivity contribution in [1.29, 1.82) is 0 Å². The molecule has 0 saturated heterocycles. The number of nitrogens with zero attached hydrogens (tertiary/aromatic N) is 4. The van der Waals surface area contributed by atoms with Crippen LogP contribution in [0.15, 0.2) is 96.5 Å². The lowest BCUT2D eigenvalue weighted by Crippen LogP contribution is -2.12. The molecule has 5 aromatic rings. The highest BCUT2D eigenvalue weighted by Crippen LogP contribution is 2.29. The molecule has 0 radical (unpaired) electrons. The summed E-state index contributed by atoms with van der Waals surface area (Å²) in [5.74, 6) is 0. The number of sulfonamides is 1. The van der Waals surface area contributed by atoms with Crippen molar-refractivity contribution in [2.45, 2.75) is 4.90 Å². The Hall–Kier alpha value is -3.91. The van der Waals surface area contributed by atoms with Gasteiger partial charge in [-0.25, -0.2) is 8.42 Å². The van der Waals surface area contributed by atoms with Gasteiger partial charge in [-0.3, -0.25) is 14.4 Å². The van der Waals surface area contributed by atoms with Crippen LogP contribution in [0.25, 0.3) is 27.9 Å². The second kappa shape index (κ2) is 7.41. The number of nitrogens with one attached hydrogen (secondary N) is 1. The molecule has 3 heterocycles. The Bertz CT molecular complexity index is 1470. The number of hydrogen-bond donors (Lipinski definition) is 1. The third-order valence-corrected chi connectivity index (χ3v) is 6.42. The van der Waals surface area contributed by atoms with Crippen LogP contribution in [0.2, 0.25) is 0 Å². The minimum Gasteiger partial charge on any atom is -0.320 e. The van der Waals surface area contributed by atoms with Gasteiger partial charge in [-0.1, -0.05) is 30.3 Å². The summed E-state index contributed by atoms with van der Waals surface area (Å²) in [5.41, 5.74) is 5.24. The first kappa shape index (κ1) is 19.1. The molecule has 0 atom stereocenters. The number of benzene rings is 2. The van der Waals surface area contributed by atoms with Crippen molar-refractivity contribution in [3.63, 3.8) is 0 Å². The Morgan fingerprint density at radius 1 is 0.903 bits per heavy atom. The van der Waals surface area contributed by atoms with Gasteiger partial charge in [-0.15, -0.1) is 0 Å². The van der Waals surface area contributed by atoms with Crippen LogP contribution in [0, 0.1) is 0 Å². The second-order valence-electron chi connectivity index (χ2n) is 7.20. The molecule has 0 amide bonds. The molecule has 31 heavy (non-hydrogen) atoms. The van der Waals surface area contributed by atoms with Gasteiger partial charge in [0.15, 0.2) is 0 Å². The van der Waals surface area contributed by atoms with Gasteiger partial charge in [0.05, 0.1) is 22.3 Å². The van der Waals surface area contributed by atoms with Crippen molar-refractivity contribution in [3.05, 3.63) is 91.6 Å². The first-order valence-corrected chi connectivity index (χ1v) is 11.1. The summed E-state index contributed by atoms with van der Waals surface area (Å²) in [6.07, 6.45) is 9.49. The molecule has 3 aromatic heterocycles. The minimum atomic E-state index is -3.63. The first-order valence-electron chi connectivity index (χ1n) is 9.64. The Morgan fingerprint density at radius 3 is 2.39 bits per heavy atom. The van der Waals surface area contributed by atoms with E-state index in [1.54, 1.807) is 53.3 Å². The highest BCUT2D eigenvalue weighted by Gasteiger charge is 2.14. The Balaban J connectivity index is 1.46.